The maximum absolute atomic E-state index is 10.2. The highest BCUT2D eigenvalue weighted by atomic mass is 123. The first kappa shape index (κ1) is 26.7. The van der Waals surface area contributed by atoms with Gasteiger partial charge in [-0.3, -0.25) is 0 Å². The molecule has 0 amide bonds. The number of aliphatic hydroxyl groups excluding tert-OH is 3. The van der Waals surface area contributed by atoms with Crippen LogP contribution < -0.4 is 9.47 Å². The summed E-state index contributed by atoms with van der Waals surface area (Å²) in [5.74, 6) is 1.49. The van der Waals surface area contributed by atoms with Crippen LogP contribution in [0.25, 0.3) is 0 Å². The van der Waals surface area contributed by atoms with Crippen molar-refractivity contribution in [1.82, 2.24) is 15.0 Å². The summed E-state index contributed by atoms with van der Waals surface area (Å²) in [6.45, 7) is 4.53. The number of hydrogen-bond acceptors (Lipinski definition) is 7. The van der Waals surface area contributed by atoms with Crippen molar-refractivity contribution in [2.24, 2.45) is 0 Å². The Morgan fingerprint density at radius 3 is 2.35 bits per heavy atom. The zero-order valence-electron chi connectivity index (χ0n) is 19.1. The van der Waals surface area contributed by atoms with Crippen LogP contribution in [0.4, 0.5) is 0 Å². The Bertz CT molecular complexity index is 1060. The van der Waals surface area contributed by atoms with Crippen molar-refractivity contribution in [1.29, 1.82) is 0 Å². The second-order valence-corrected chi connectivity index (χ2v) is 9.91. The Kier molecular flexibility index (Phi) is 9.55. The fourth-order valence-electron chi connectivity index (χ4n) is 3.37. The molecule has 2 aromatic carbocycles. The van der Waals surface area contributed by atoms with Crippen LogP contribution in [0.1, 0.15) is 30.7 Å². The van der Waals surface area contributed by atoms with Crippen molar-refractivity contribution in [2.45, 2.75) is 44.6 Å². The van der Waals surface area contributed by atoms with Gasteiger partial charge >= 0.3 is 0 Å². The molecule has 184 valence electrons. The van der Waals surface area contributed by atoms with E-state index in [1.807, 2.05) is 36.4 Å². The van der Waals surface area contributed by atoms with Crippen LogP contribution in [-0.2, 0) is 18.6 Å². The zero-order chi connectivity index (χ0) is 24.7. The third-order valence-electron chi connectivity index (χ3n) is 5.52. The highest BCUT2D eigenvalue weighted by molar-refractivity contribution is 14.1. The minimum absolute atomic E-state index is 0.0888. The number of aliphatic hydroxyl groups is 3. The first-order chi connectivity index (χ1) is 16.2. The number of benzene rings is 2. The van der Waals surface area contributed by atoms with Gasteiger partial charge in [-0.2, -0.15) is 0 Å². The SMILES string of the molecule is CC(C)(c1ccc(OC[C@H](O)Cn2nncc2CO)cc1)c1ccc(OC[C@@H](O)CCl)c([123I])c1. The van der Waals surface area contributed by atoms with E-state index in [1.54, 1.807) is 0 Å². The molecule has 0 fully saturated rings. The number of nitrogens with zero attached hydrogens (tertiary/aromatic N) is 3. The summed E-state index contributed by atoms with van der Waals surface area (Å²) in [5.41, 5.74) is 2.50. The van der Waals surface area contributed by atoms with E-state index in [2.05, 4.69) is 52.8 Å². The summed E-state index contributed by atoms with van der Waals surface area (Å²) in [4.78, 5) is 0. The molecule has 0 saturated heterocycles. The number of aromatic nitrogens is 3. The van der Waals surface area contributed by atoms with Crippen LogP contribution in [0.2, 0.25) is 0 Å². The van der Waals surface area contributed by atoms with Gasteiger partial charge in [0.1, 0.15) is 36.9 Å². The number of hydrogen-bond donors (Lipinski definition) is 3. The Morgan fingerprint density at radius 1 is 1.03 bits per heavy atom. The van der Waals surface area contributed by atoms with E-state index in [0.29, 0.717) is 17.2 Å². The summed E-state index contributed by atoms with van der Waals surface area (Å²) in [6, 6.07) is 13.8. The molecule has 0 aliphatic heterocycles. The van der Waals surface area contributed by atoms with Crippen molar-refractivity contribution in [3.8, 4) is 11.5 Å². The van der Waals surface area contributed by atoms with Crippen molar-refractivity contribution >= 4 is 34.2 Å². The molecule has 10 heteroatoms. The van der Waals surface area contributed by atoms with Gasteiger partial charge in [0, 0.05) is 5.41 Å². The first-order valence-electron chi connectivity index (χ1n) is 10.8. The molecule has 0 radical (unpaired) electrons. The standard InChI is InChI=1S/C24H29ClIN3O5/c1-24(2,17-5-8-23(22(26)9-17)34-14-19(31)10-25)16-3-6-21(7-4-16)33-15-20(32)12-29-18(13-30)11-27-28-29/h3-9,11,19-20,30-32H,10,12-15H2,1-2H3/t19-,20+/m0/s1/i26-4. The molecular weight excluding hydrogens is 569 g/mol. The average Bonchev–Trinajstić information content (AvgIpc) is 3.28. The highest BCUT2D eigenvalue weighted by Crippen LogP contribution is 2.35. The average molecular weight is 598 g/mol. The predicted molar refractivity (Wildman–Crippen MR) is 137 cm³/mol. The van der Waals surface area contributed by atoms with E-state index in [-0.39, 0.29) is 37.7 Å². The van der Waals surface area contributed by atoms with Gasteiger partial charge in [-0.25, -0.2) is 4.68 Å². The number of rotatable bonds is 12. The minimum Gasteiger partial charge on any atom is -0.491 e. The molecule has 0 unspecified atom stereocenters. The van der Waals surface area contributed by atoms with E-state index in [1.165, 1.54) is 10.9 Å². The maximum atomic E-state index is 10.2. The van der Waals surface area contributed by atoms with Crippen molar-refractivity contribution < 1.29 is 24.8 Å². The van der Waals surface area contributed by atoms with Gasteiger partial charge in [-0.05, 0) is 58.0 Å². The van der Waals surface area contributed by atoms with Crippen LogP contribution in [0.3, 0.4) is 0 Å². The lowest BCUT2D eigenvalue weighted by molar-refractivity contribution is 0.0866. The largest absolute Gasteiger partial charge is 0.491 e. The first-order valence-corrected chi connectivity index (χ1v) is 12.4. The van der Waals surface area contributed by atoms with Crippen LogP contribution >= 0.6 is 34.2 Å². The number of halogens is 2. The van der Waals surface area contributed by atoms with Gasteiger partial charge in [0.05, 0.1) is 34.5 Å². The van der Waals surface area contributed by atoms with Crippen LogP contribution in [0.15, 0.2) is 48.7 Å². The summed E-state index contributed by atoms with van der Waals surface area (Å²) >= 11 is 7.86. The van der Waals surface area contributed by atoms with E-state index < -0.39 is 12.2 Å². The fourth-order valence-corrected chi connectivity index (χ4v) is 4.13. The van der Waals surface area contributed by atoms with E-state index in [4.69, 9.17) is 21.1 Å². The molecule has 0 aliphatic carbocycles. The van der Waals surface area contributed by atoms with Crippen LogP contribution in [0, 0.1) is 3.57 Å². The Balaban J connectivity index is 1.61. The van der Waals surface area contributed by atoms with Crippen molar-refractivity contribution in [2.75, 3.05) is 19.1 Å². The molecule has 3 aromatic rings. The minimum atomic E-state index is -0.795. The van der Waals surface area contributed by atoms with Gasteiger partial charge in [0.2, 0.25) is 0 Å². The van der Waals surface area contributed by atoms with Gasteiger partial charge in [-0.15, -0.1) is 16.7 Å². The lowest BCUT2D eigenvalue weighted by atomic mass is 9.78. The summed E-state index contributed by atoms with van der Waals surface area (Å²) in [6.07, 6.45) is -0.0331. The Morgan fingerprint density at radius 2 is 1.71 bits per heavy atom. The Hall–Kier alpha value is -1.92. The monoisotopic (exact) mass is 597 g/mol. The fraction of sp³-hybridized carbons (Fsp3) is 0.417. The van der Waals surface area contributed by atoms with Gasteiger partial charge < -0.3 is 24.8 Å². The molecular formula is C24H29ClIN3O5. The van der Waals surface area contributed by atoms with Crippen LogP contribution in [0.5, 0.6) is 11.5 Å². The lowest BCUT2D eigenvalue weighted by Gasteiger charge is -2.27. The topological polar surface area (TPSA) is 110 Å². The molecule has 0 aliphatic rings. The summed E-state index contributed by atoms with van der Waals surface area (Å²) < 4.78 is 13.8. The van der Waals surface area contributed by atoms with E-state index >= 15 is 0 Å². The van der Waals surface area contributed by atoms with Crippen LogP contribution in [-0.4, -0.2) is 61.6 Å². The molecule has 2 atom stereocenters. The number of ether oxygens (including phenoxy) is 2. The second-order valence-electron chi connectivity index (χ2n) is 8.44. The molecule has 8 nitrogen and oxygen atoms in total. The lowest BCUT2D eigenvalue weighted by Crippen LogP contribution is -2.25. The predicted octanol–water partition coefficient (Wildman–Crippen LogP) is 3.12. The van der Waals surface area contributed by atoms with E-state index in [9.17, 15) is 15.3 Å². The third-order valence-corrected chi connectivity index (χ3v) is 6.72. The quantitative estimate of drug-likeness (QED) is 0.217. The summed E-state index contributed by atoms with van der Waals surface area (Å²) in [5, 5.41) is 36.7. The molecule has 0 saturated carbocycles. The van der Waals surface area contributed by atoms with E-state index in [0.717, 1.165) is 14.7 Å². The molecule has 3 N–H and O–H groups in total. The smallest absolute Gasteiger partial charge is 0.132 e. The molecule has 0 bridgehead atoms. The normalized spacial score (nSPS) is 13.5. The number of alkyl halides is 1. The highest BCUT2D eigenvalue weighted by Gasteiger charge is 2.24. The molecule has 0 spiro atoms. The summed E-state index contributed by atoms with van der Waals surface area (Å²) in [7, 11) is 0. The van der Waals surface area contributed by atoms with Gasteiger partial charge in [0.25, 0.3) is 0 Å². The molecule has 1 heterocycles. The van der Waals surface area contributed by atoms with Crippen molar-refractivity contribution in [3.05, 3.63) is 69.1 Å². The molecule has 3 rings (SSSR count). The zero-order valence-corrected chi connectivity index (χ0v) is 22.0. The van der Waals surface area contributed by atoms with Gasteiger partial charge in [-0.1, -0.05) is 37.3 Å². The second kappa shape index (κ2) is 12.2. The Labute approximate surface area is 217 Å². The van der Waals surface area contributed by atoms with Gasteiger partial charge in [0.15, 0.2) is 0 Å². The molecule has 1 aromatic heterocycles. The third kappa shape index (κ3) is 6.82. The maximum Gasteiger partial charge on any atom is 0.132 e. The van der Waals surface area contributed by atoms with Crippen molar-refractivity contribution in [3.63, 3.8) is 0 Å². The molecule has 34 heavy (non-hydrogen) atoms.